The molecule has 0 amide bonds. The summed E-state index contributed by atoms with van der Waals surface area (Å²) in [5.74, 6) is 0.896. The van der Waals surface area contributed by atoms with Gasteiger partial charge in [-0.2, -0.15) is 0 Å². The third-order valence-corrected chi connectivity index (χ3v) is 2.69. The fourth-order valence-corrected chi connectivity index (χ4v) is 1.73. The van der Waals surface area contributed by atoms with E-state index in [2.05, 4.69) is 18.3 Å². The second-order valence-electron chi connectivity index (χ2n) is 3.72. The normalized spacial score (nSPS) is 12.5. The quantitative estimate of drug-likeness (QED) is 0.802. The van der Waals surface area contributed by atoms with Crippen LogP contribution in [-0.2, 0) is 4.74 Å². The second kappa shape index (κ2) is 6.51. The van der Waals surface area contributed by atoms with Crippen molar-refractivity contribution in [2.75, 3.05) is 27.4 Å². The van der Waals surface area contributed by atoms with Gasteiger partial charge in [-0.25, -0.2) is 0 Å². The van der Waals surface area contributed by atoms with Crippen LogP contribution in [0.15, 0.2) is 18.2 Å². The molecule has 3 nitrogen and oxygen atoms in total. The Balaban J connectivity index is 2.83. The van der Waals surface area contributed by atoms with Crippen LogP contribution in [0.25, 0.3) is 0 Å². The Bertz CT molecular complexity index is 326. The molecule has 0 aliphatic heterocycles. The second-order valence-corrected chi connectivity index (χ2v) is 3.72. The summed E-state index contributed by atoms with van der Waals surface area (Å²) >= 11 is 0. The molecule has 0 saturated carbocycles. The number of likely N-dealkylation sites (N-methyl/N-ethyl adjacent to an activating group) is 1. The number of hydrogen-bond donors (Lipinski definition) is 1. The Morgan fingerprint density at radius 1 is 1.38 bits per heavy atom. The molecule has 0 spiro atoms. The third-order valence-electron chi connectivity index (χ3n) is 2.69. The van der Waals surface area contributed by atoms with E-state index >= 15 is 0 Å². The van der Waals surface area contributed by atoms with Crippen molar-refractivity contribution in [1.82, 2.24) is 5.32 Å². The van der Waals surface area contributed by atoms with E-state index in [1.807, 2.05) is 26.1 Å². The van der Waals surface area contributed by atoms with E-state index in [-0.39, 0.29) is 6.04 Å². The summed E-state index contributed by atoms with van der Waals surface area (Å²) in [4.78, 5) is 0. The van der Waals surface area contributed by atoms with Crippen LogP contribution in [-0.4, -0.2) is 27.4 Å². The molecule has 0 aromatic heterocycles. The minimum atomic E-state index is 0.242. The lowest BCUT2D eigenvalue weighted by Gasteiger charge is -2.19. The number of benzene rings is 1. The molecule has 1 unspecified atom stereocenters. The lowest BCUT2D eigenvalue weighted by atomic mass is 10.0. The first-order chi connectivity index (χ1) is 7.72. The molecule has 1 N–H and O–H groups in total. The molecule has 1 rings (SSSR count). The van der Waals surface area contributed by atoms with Crippen LogP contribution in [0.2, 0.25) is 0 Å². The van der Waals surface area contributed by atoms with Crippen molar-refractivity contribution in [3.63, 3.8) is 0 Å². The maximum atomic E-state index is 5.46. The van der Waals surface area contributed by atoms with E-state index in [4.69, 9.17) is 9.47 Å². The Labute approximate surface area is 97.8 Å². The van der Waals surface area contributed by atoms with Gasteiger partial charge in [0.05, 0.1) is 19.8 Å². The molecule has 0 heterocycles. The lowest BCUT2D eigenvalue weighted by molar-refractivity contribution is 0.125. The minimum Gasteiger partial charge on any atom is -0.497 e. The standard InChI is InChI=1S/C13H21NO2/c1-5-16-9-13(14-3)12-7-6-11(15-4)8-10(12)2/h6-8,13-14H,5,9H2,1-4H3. The summed E-state index contributed by atoms with van der Waals surface area (Å²) in [5.41, 5.74) is 2.48. The smallest absolute Gasteiger partial charge is 0.119 e. The fraction of sp³-hybridized carbons (Fsp3) is 0.538. The van der Waals surface area contributed by atoms with Gasteiger partial charge in [0, 0.05) is 6.61 Å². The Morgan fingerprint density at radius 2 is 2.12 bits per heavy atom. The molecule has 0 saturated heterocycles. The number of rotatable bonds is 6. The molecular weight excluding hydrogens is 202 g/mol. The van der Waals surface area contributed by atoms with Gasteiger partial charge < -0.3 is 14.8 Å². The van der Waals surface area contributed by atoms with Crippen molar-refractivity contribution in [3.8, 4) is 5.75 Å². The molecule has 90 valence electrons. The topological polar surface area (TPSA) is 30.5 Å². The van der Waals surface area contributed by atoms with Gasteiger partial charge in [0.15, 0.2) is 0 Å². The molecule has 16 heavy (non-hydrogen) atoms. The highest BCUT2D eigenvalue weighted by molar-refractivity contribution is 5.36. The first kappa shape index (κ1) is 13.0. The van der Waals surface area contributed by atoms with E-state index in [1.165, 1.54) is 11.1 Å². The average Bonchev–Trinajstić information content (AvgIpc) is 2.31. The van der Waals surface area contributed by atoms with Gasteiger partial charge in [-0.05, 0) is 44.2 Å². The summed E-state index contributed by atoms with van der Waals surface area (Å²) < 4.78 is 10.7. The van der Waals surface area contributed by atoms with E-state index < -0.39 is 0 Å². The number of methoxy groups -OCH3 is 1. The first-order valence-corrected chi connectivity index (χ1v) is 5.62. The first-order valence-electron chi connectivity index (χ1n) is 5.62. The van der Waals surface area contributed by atoms with Gasteiger partial charge in [-0.15, -0.1) is 0 Å². The van der Waals surface area contributed by atoms with Gasteiger partial charge in [0.1, 0.15) is 5.75 Å². The molecule has 0 bridgehead atoms. The zero-order valence-corrected chi connectivity index (χ0v) is 10.5. The van der Waals surface area contributed by atoms with Gasteiger partial charge in [0.25, 0.3) is 0 Å². The monoisotopic (exact) mass is 223 g/mol. The van der Waals surface area contributed by atoms with Crippen LogP contribution in [0, 0.1) is 6.92 Å². The van der Waals surface area contributed by atoms with Crippen LogP contribution in [0.1, 0.15) is 24.1 Å². The van der Waals surface area contributed by atoms with Gasteiger partial charge >= 0.3 is 0 Å². The van der Waals surface area contributed by atoms with Gasteiger partial charge in [-0.1, -0.05) is 6.07 Å². The maximum Gasteiger partial charge on any atom is 0.119 e. The van der Waals surface area contributed by atoms with Crippen LogP contribution in [0.3, 0.4) is 0 Å². The molecule has 0 aliphatic carbocycles. The zero-order valence-electron chi connectivity index (χ0n) is 10.5. The summed E-state index contributed by atoms with van der Waals surface area (Å²) in [6, 6.07) is 6.37. The van der Waals surface area contributed by atoms with Crippen LogP contribution >= 0.6 is 0 Å². The molecule has 1 aromatic rings. The average molecular weight is 223 g/mol. The van der Waals surface area contributed by atoms with Crippen molar-refractivity contribution in [1.29, 1.82) is 0 Å². The Morgan fingerprint density at radius 3 is 2.62 bits per heavy atom. The van der Waals surface area contributed by atoms with E-state index in [0.29, 0.717) is 6.61 Å². The number of nitrogens with one attached hydrogen (secondary N) is 1. The zero-order chi connectivity index (χ0) is 12.0. The van der Waals surface area contributed by atoms with Crippen LogP contribution < -0.4 is 10.1 Å². The predicted molar refractivity (Wildman–Crippen MR) is 66.0 cm³/mol. The van der Waals surface area contributed by atoms with E-state index in [9.17, 15) is 0 Å². The third kappa shape index (κ3) is 3.22. The summed E-state index contributed by atoms with van der Waals surface area (Å²) in [6.45, 7) is 5.54. The van der Waals surface area contributed by atoms with E-state index in [1.54, 1.807) is 7.11 Å². The van der Waals surface area contributed by atoms with Crippen molar-refractivity contribution in [2.24, 2.45) is 0 Å². The summed E-state index contributed by atoms with van der Waals surface area (Å²) in [6.07, 6.45) is 0. The summed E-state index contributed by atoms with van der Waals surface area (Å²) in [5, 5.41) is 3.27. The van der Waals surface area contributed by atoms with E-state index in [0.717, 1.165) is 12.4 Å². The highest BCUT2D eigenvalue weighted by Crippen LogP contribution is 2.22. The highest BCUT2D eigenvalue weighted by Gasteiger charge is 2.12. The fourth-order valence-electron chi connectivity index (χ4n) is 1.73. The predicted octanol–water partition coefficient (Wildman–Crippen LogP) is 2.30. The van der Waals surface area contributed by atoms with Gasteiger partial charge in [-0.3, -0.25) is 0 Å². The minimum absolute atomic E-state index is 0.242. The molecular formula is C13H21NO2. The van der Waals surface area contributed by atoms with Crippen molar-refractivity contribution in [3.05, 3.63) is 29.3 Å². The highest BCUT2D eigenvalue weighted by atomic mass is 16.5. The SMILES string of the molecule is CCOCC(NC)c1ccc(OC)cc1C. The van der Waals surface area contributed by atoms with Crippen molar-refractivity contribution < 1.29 is 9.47 Å². The Kier molecular flexibility index (Phi) is 5.29. The summed E-state index contributed by atoms with van der Waals surface area (Å²) in [7, 11) is 3.64. The number of aryl methyl sites for hydroxylation is 1. The molecule has 0 radical (unpaired) electrons. The number of ether oxygens (including phenoxy) is 2. The maximum absolute atomic E-state index is 5.46. The van der Waals surface area contributed by atoms with Crippen LogP contribution in [0.5, 0.6) is 5.75 Å². The number of hydrogen-bond acceptors (Lipinski definition) is 3. The van der Waals surface area contributed by atoms with Crippen LogP contribution in [0.4, 0.5) is 0 Å². The van der Waals surface area contributed by atoms with Gasteiger partial charge in [0.2, 0.25) is 0 Å². The molecule has 0 aliphatic rings. The molecule has 3 heteroatoms. The molecule has 0 fully saturated rings. The lowest BCUT2D eigenvalue weighted by Crippen LogP contribution is -2.22. The molecule has 1 aromatic carbocycles. The Hall–Kier alpha value is -1.06. The van der Waals surface area contributed by atoms with Crippen molar-refractivity contribution >= 4 is 0 Å². The molecule has 1 atom stereocenters. The largest absolute Gasteiger partial charge is 0.497 e. The van der Waals surface area contributed by atoms with Crippen molar-refractivity contribution in [2.45, 2.75) is 19.9 Å².